The van der Waals surface area contributed by atoms with Crippen molar-refractivity contribution in [3.63, 3.8) is 0 Å². The van der Waals surface area contributed by atoms with Crippen LogP contribution in [0.1, 0.15) is 21.7 Å². The van der Waals surface area contributed by atoms with Gasteiger partial charge in [0.1, 0.15) is 0 Å². The van der Waals surface area contributed by atoms with Gasteiger partial charge in [0.15, 0.2) is 0 Å². The molecule has 0 saturated carbocycles. The zero-order valence-corrected chi connectivity index (χ0v) is 25.2. The van der Waals surface area contributed by atoms with E-state index in [1.807, 2.05) is 74.8 Å². The average molecular weight is 704 g/mol. The molecular formula is C33H25IrN3OS-2. The third-order valence-electron chi connectivity index (χ3n) is 6.65. The fourth-order valence-corrected chi connectivity index (χ4v) is 5.53. The molecule has 7 aromatic rings. The summed E-state index contributed by atoms with van der Waals surface area (Å²) in [6, 6.07) is 28.6. The average Bonchev–Trinajstić information content (AvgIpc) is 3.45. The van der Waals surface area contributed by atoms with E-state index in [0.29, 0.717) is 5.71 Å². The number of rotatable bonds is 2. The van der Waals surface area contributed by atoms with E-state index >= 15 is 0 Å². The van der Waals surface area contributed by atoms with E-state index in [2.05, 4.69) is 59.1 Å². The van der Waals surface area contributed by atoms with Crippen LogP contribution in [0.25, 0.3) is 54.7 Å². The molecule has 0 aliphatic carbocycles. The molecule has 39 heavy (non-hydrogen) atoms. The molecule has 0 aliphatic heterocycles. The van der Waals surface area contributed by atoms with Gasteiger partial charge in [-0.3, -0.25) is 0 Å². The Morgan fingerprint density at radius 1 is 0.769 bits per heavy atom. The second-order valence-corrected chi connectivity index (χ2v) is 10.6. The number of aromatic nitrogens is 3. The fourth-order valence-electron chi connectivity index (χ4n) is 4.46. The number of hydrogen-bond acceptors (Lipinski definition) is 5. The quantitative estimate of drug-likeness (QED) is 0.169. The molecule has 0 saturated heterocycles. The fraction of sp³-hybridized carbons (Fsp3) is 0.121. The maximum atomic E-state index is 6.08. The summed E-state index contributed by atoms with van der Waals surface area (Å²) in [5, 5.41) is 3.30. The summed E-state index contributed by atoms with van der Waals surface area (Å²) in [6.07, 6.45) is 3.83. The van der Waals surface area contributed by atoms with Crippen LogP contribution >= 0.6 is 11.3 Å². The number of pyridine rings is 3. The smallest absolute Gasteiger partial charge is 0.216 e. The summed E-state index contributed by atoms with van der Waals surface area (Å²) < 4.78 is 7.33. The van der Waals surface area contributed by atoms with Gasteiger partial charge in [0.2, 0.25) is 5.71 Å². The number of thiophene rings is 1. The van der Waals surface area contributed by atoms with Crippen LogP contribution in [0.5, 0.6) is 0 Å². The Morgan fingerprint density at radius 2 is 1.62 bits per heavy atom. The molecule has 0 unspecified atom stereocenters. The van der Waals surface area contributed by atoms with Gasteiger partial charge in [-0.2, -0.15) is 0 Å². The van der Waals surface area contributed by atoms with Gasteiger partial charge in [0, 0.05) is 58.5 Å². The molecule has 5 aromatic heterocycles. The number of aryl methyl sites for hydroxylation is 4. The van der Waals surface area contributed by atoms with Crippen LogP contribution in [0.2, 0.25) is 0 Å². The topological polar surface area (TPSA) is 51.8 Å². The van der Waals surface area contributed by atoms with Crippen LogP contribution in [0.4, 0.5) is 0 Å². The molecule has 4 nitrogen and oxygen atoms in total. The second kappa shape index (κ2) is 11.2. The van der Waals surface area contributed by atoms with Crippen molar-refractivity contribution in [2.45, 2.75) is 27.7 Å². The number of hydrogen-bond donors (Lipinski definition) is 0. The molecular weight excluding hydrogens is 679 g/mol. The Kier molecular flexibility index (Phi) is 7.71. The van der Waals surface area contributed by atoms with Crippen molar-refractivity contribution in [1.82, 2.24) is 15.0 Å². The summed E-state index contributed by atoms with van der Waals surface area (Å²) >= 11 is 1.80. The van der Waals surface area contributed by atoms with E-state index in [-0.39, 0.29) is 20.1 Å². The first kappa shape index (κ1) is 26.9. The van der Waals surface area contributed by atoms with Crippen molar-refractivity contribution in [3.8, 4) is 22.5 Å². The SMILES string of the molecule is Cc1ccc(-c2[c-]cccc2)nc1.Cc1ccc2c(n1)oc1c(-c3cc4sc(C)c(C)c4cn3)[c-]ccc12.[Ir]. The first-order chi connectivity index (χ1) is 18.5. The molecule has 0 spiro atoms. The van der Waals surface area contributed by atoms with Crippen LogP contribution in [0.3, 0.4) is 0 Å². The number of fused-ring (bicyclic) bond motifs is 4. The van der Waals surface area contributed by atoms with E-state index in [9.17, 15) is 0 Å². The van der Waals surface area contributed by atoms with E-state index < -0.39 is 0 Å². The van der Waals surface area contributed by atoms with Gasteiger partial charge in [0.05, 0.1) is 5.58 Å². The third kappa shape index (κ3) is 5.28. The molecule has 0 atom stereocenters. The summed E-state index contributed by atoms with van der Waals surface area (Å²) in [5.74, 6) is 0. The van der Waals surface area contributed by atoms with Crippen LogP contribution in [-0.2, 0) is 20.1 Å². The Labute approximate surface area is 245 Å². The Morgan fingerprint density at radius 3 is 2.38 bits per heavy atom. The van der Waals surface area contributed by atoms with Crippen molar-refractivity contribution in [2.75, 3.05) is 0 Å². The van der Waals surface area contributed by atoms with E-state index in [1.165, 1.54) is 26.1 Å². The number of furan rings is 1. The molecule has 0 amide bonds. The molecule has 0 aliphatic rings. The first-order valence-corrected chi connectivity index (χ1v) is 13.3. The van der Waals surface area contributed by atoms with Crippen molar-refractivity contribution < 1.29 is 24.5 Å². The second-order valence-electron chi connectivity index (χ2n) is 9.35. The number of nitrogens with zero attached hydrogens (tertiary/aromatic N) is 3. The molecule has 0 bridgehead atoms. The Hall–Kier alpha value is -3.70. The van der Waals surface area contributed by atoms with Crippen molar-refractivity contribution in [1.29, 1.82) is 0 Å². The van der Waals surface area contributed by atoms with Crippen LogP contribution in [-0.4, -0.2) is 15.0 Å². The maximum Gasteiger partial charge on any atom is 0.216 e. The summed E-state index contributed by atoms with van der Waals surface area (Å²) in [4.78, 5) is 14.8. The van der Waals surface area contributed by atoms with Crippen LogP contribution in [0, 0.1) is 39.8 Å². The van der Waals surface area contributed by atoms with Gasteiger partial charge < -0.3 is 14.4 Å². The molecule has 1 radical (unpaired) electrons. The summed E-state index contributed by atoms with van der Waals surface area (Å²) in [7, 11) is 0. The van der Waals surface area contributed by atoms with E-state index in [4.69, 9.17) is 4.42 Å². The zero-order valence-electron chi connectivity index (χ0n) is 22.0. The van der Waals surface area contributed by atoms with Crippen molar-refractivity contribution in [3.05, 3.63) is 113 Å². The van der Waals surface area contributed by atoms with E-state index in [1.54, 1.807) is 11.3 Å². The first-order valence-electron chi connectivity index (χ1n) is 12.4. The van der Waals surface area contributed by atoms with Gasteiger partial charge in [-0.05, 0) is 62.3 Å². The Balaban J connectivity index is 0.000000187. The largest absolute Gasteiger partial charge is 0.486 e. The standard InChI is InChI=1S/C21H15N2OS.C12H10N.Ir/c1-11-7-8-15-14-5-4-6-16(20(14)24-21(15)23-11)18-9-19-17(10-22-18)12(2)13(3)25-19;1-10-7-8-12(13-9-10)11-5-3-2-4-6-11;/h4-5,7-10H,1-3H3;2-5,7-9H,1H3;/q2*-1;. The summed E-state index contributed by atoms with van der Waals surface area (Å²) in [6.45, 7) is 8.30. The van der Waals surface area contributed by atoms with Gasteiger partial charge in [-0.15, -0.1) is 65.4 Å². The molecule has 5 heterocycles. The minimum Gasteiger partial charge on any atom is -0.486 e. The molecule has 0 fully saturated rings. The molecule has 2 aromatic carbocycles. The molecule has 6 heteroatoms. The van der Waals surface area contributed by atoms with Gasteiger partial charge >= 0.3 is 0 Å². The van der Waals surface area contributed by atoms with E-state index in [0.717, 1.165) is 44.6 Å². The van der Waals surface area contributed by atoms with Gasteiger partial charge in [0.25, 0.3) is 0 Å². The minimum atomic E-state index is 0. The van der Waals surface area contributed by atoms with Gasteiger partial charge in [-0.25, -0.2) is 4.98 Å². The predicted molar refractivity (Wildman–Crippen MR) is 156 cm³/mol. The van der Waals surface area contributed by atoms with Crippen molar-refractivity contribution in [2.24, 2.45) is 0 Å². The molecule has 195 valence electrons. The number of benzene rings is 2. The molecule has 0 N–H and O–H groups in total. The maximum absolute atomic E-state index is 6.08. The van der Waals surface area contributed by atoms with Crippen molar-refractivity contribution >= 4 is 43.5 Å². The van der Waals surface area contributed by atoms with Crippen LogP contribution in [0.15, 0.2) is 83.5 Å². The van der Waals surface area contributed by atoms with Gasteiger partial charge in [-0.1, -0.05) is 29.1 Å². The zero-order chi connectivity index (χ0) is 26.2. The normalized spacial score (nSPS) is 10.9. The summed E-state index contributed by atoms with van der Waals surface area (Å²) in [5.41, 5.74) is 8.69. The predicted octanol–water partition coefficient (Wildman–Crippen LogP) is 8.84. The Bertz CT molecular complexity index is 1910. The monoisotopic (exact) mass is 704 g/mol. The third-order valence-corrected chi connectivity index (χ3v) is 7.82. The minimum absolute atomic E-state index is 0. The molecule has 7 rings (SSSR count). The van der Waals surface area contributed by atoms with Crippen LogP contribution < -0.4 is 0 Å².